The number of hydrogen-bond acceptors (Lipinski definition) is 1. The standard InChI is InChI=1S/C14H18O/c1-2-15-14-10-6-9-13(11-14)12-7-4-3-5-8-12/h3-8,10,13-14H,2,9,11H2,1H3/t13-,14+/m0/s1. The molecule has 0 N–H and O–H groups in total. The molecule has 0 unspecified atom stereocenters. The van der Waals surface area contributed by atoms with Crippen molar-refractivity contribution >= 4 is 0 Å². The van der Waals surface area contributed by atoms with Gasteiger partial charge in [0, 0.05) is 6.61 Å². The van der Waals surface area contributed by atoms with Crippen LogP contribution in [0.4, 0.5) is 0 Å². The van der Waals surface area contributed by atoms with E-state index in [1.165, 1.54) is 5.56 Å². The summed E-state index contributed by atoms with van der Waals surface area (Å²) >= 11 is 0. The maximum Gasteiger partial charge on any atom is 0.0761 e. The van der Waals surface area contributed by atoms with Crippen molar-refractivity contribution in [2.45, 2.75) is 31.8 Å². The van der Waals surface area contributed by atoms with Crippen molar-refractivity contribution in [1.29, 1.82) is 0 Å². The van der Waals surface area contributed by atoms with Crippen LogP contribution >= 0.6 is 0 Å². The van der Waals surface area contributed by atoms with Crippen molar-refractivity contribution in [3.8, 4) is 0 Å². The van der Waals surface area contributed by atoms with E-state index in [4.69, 9.17) is 4.74 Å². The molecule has 2 rings (SSSR count). The van der Waals surface area contributed by atoms with Gasteiger partial charge >= 0.3 is 0 Å². The van der Waals surface area contributed by atoms with Crippen molar-refractivity contribution in [3.05, 3.63) is 48.0 Å². The van der Waals surface area contributed by atoms with Crippen molar-refractivity contribution in [3.63, 3.8) is 0 Å². The summed E-state index contributed by atoms with van der Waals surface area (Å²) in [5, 5.41) is 0. The van der Waals surface area contributed by atoms with Crippen LogP contribution in [0.2, 0.25) is 0 Å². The average molecular weight is 202 g/mol. The summed E-state index contributed by atoms with van der Waals surface area (Å²) in [4.78, 5) is 0. The third-order valence-electron chi connectivity index (χ3n) is 2.94. The molecule has 1 nitrogen and oxygen atoms in total. The monoisotopic (exact) mass is 202 g/mol. The van der Waals surface area contributed by atoms with Crippen LogP contribution < -0.4 is 0 Å². The van der Waals surface area contributed by atoms with E-state index >= 15 is 0 Å². The number of hydrogen-bond donors (Lipinski definition) is 0. The highest BCUT2D eigenvalue weighted by molar-refractivity contribution is 5.22. The predicted molar refractivity (Wildman–Crippen MR) is 63.0 cm³/mol. The first-order valence-corrected chi connectivity index (χ1v) is 5.73. The van der Waals surface area contributed by atoms with Crippen LogP contribution in [0.15, 0.2) is 42.5 Å². The first-order valence-electron chi connectivity index (χ1n) is 5.73. The Kier molecular flexibility index (Phi) is 3.57. The topological polar surface area (TPSA) is 9.23 Å². The third-order valence-corrected chi connectivity index (χ3v) is 2.94. The van der Waals surface area contributed by atoms with Crippen molar-refractivity contribution in [2.24, 2.45) is 0 Å². The molecule has 15 heavy (non-hydrogen) atoms. The van der Waals surface area contributed by atoms with Gasteiger partial charge in [-0.3, -0.25) is 0 Å². The molecule has 0 saturated carbocycles. The lowest BCUT2D eigenvalue weighted by molar-refractivity contribution is 0.0813. The minimum Gasteiger partial charge on any atom is -0.374 e. The van der Waals surface area contributed by atoms with Gasteiger partial charge < -0.3 is 4.74 Å². The molecule has 0 saturated heterocycles. The summed E-state index contributed by atoms with van der Waals surface area (Å²) in [7, 11) is 0. The smallest absolute Gasteiger partial charge is 0.0761 e. The van der Waals surface area contributed by atoms with E-state index in [9.17, 15) is 0 Å². The van der Waals surface area contributed by atoms with Gasteiger partial charge in [-0.15, -0.1) is 0 Å². The summed E-state index contributed by atoms with van der Waals surface area (Å²) in [5.41, 5.74) is 1.44. The second kappa shape index (κ2) is 5.13. The van der Waals surface area contributed by atoms with Crippen molar-refractivity contribution < 1.29 is 4.74 Å². The SMILES string of the molecule is CCO[C@@H]1C=CC[C@H](c2ccccc2)C1. The van der Waals surface area contributed by atoms with Gasteiger partial charge in [0.25, 0.3) is 0 Å². The fourth-order valence-corrected chi connectivity index (χ4v) is 2.18. The van der Waals surface area contributed by atoms with Gasteiger partial charge in [-0.25, -0.2) is 0 Å². The summed E-state index contributed by atoms with van der Waals surface area (Å²) in [6, 6.07) is 10.7. The Morgan fingerprint density at radius 2 is 2.07 bits per heavy atom. The van der Waals surface area contributed by atoms with E-state index in [0.29, 0.717) is 12.0 Å². The molecule has 1 aromatic carbocycles. The molecule has 80 valence electrons. The highest BCUT2D eigenvalue weighted by Gasteiger charge is 2.18. The van der Waals surface area contributed by atoms with Gasteiger partial charge in [-0.05, 0) is 31.2 Å². The van der Waals surface area contributed by atoms with Gasteiger partial charge in [0.2, 0.25) is 0 Å². The van der Waals surface area contributed by atoms with Crippen LogP contribution in [0, 0.1) is 0 Å². The van der Waals surface area contributed by atoms with Crippen LogP contribution in [0.3, 0.4) is 0 Å². The Bertz CT molecular complexity index is 315. The first kappa shape index (κ1) is 10.4. The van der Waals surface area contributed by atoms with Gasteiger partial charge in [0.1, 0.15) is 0 Å². The number of benzene rings is 1. The third kappa shape index (κ3) is 2.69. The molecule has 0 aromatic heterocycles. The maximum absolute atomic E-state index is 5.65. The average Bonchev–Trinajstić information content (AvgIpc) is 2.31. The Hall–Kier alpha value is -1.08. The zero-order valence-corrected chi connectivity index (χ0v) is 9.23. The van der Waals surface area contributed by atoms with E-state index in [0.717, 1.165) is 19.4 Å². The lowest BCUT2D eigenvalue weighted by Crippen LogP contribution is -2.17. The minimum absolute atomic E-state index is 0.314. The van der Waals surface area contributed by atoms with Crippen LogP contribution in [-0.4, -0.2) is 12.7 Å². The minimum atomic E-state index is 0.314. The highest BCUT2D eigenvalue weighted by Crippen LogP contribution is 2.30. The second-order valence-electron chi connectivity index (χ2n) is 4.00. The van der Waals surface area contributed by atoms with E-state index in [1.807, 2.05) is 0 Å². The Morgan fingerprint density at radius 3 is 2.80 bits per heavy atom. The molecular formula is C14H18O. The molecule has 1 aliphatic carbocycles. The molecule has 1 aromatic rings. The molecule has 0 aliphatic heterocycles. The lowest BCUT2D eigenvalue weighted by Gasteiger charge is -2.24. The quantitative estimate of drug-likeness (QED) is 0.681. The molecule has 1 aliphatic rings. The fraction of sp³-hybridized carbons (Fsp3) is 0.429. The van der Waals surface area contributed by atoms with Crippen LogP contribution in [0.5, 0.6) is 0 Å². The Labute approximate surface area is 91.8 Å². The molecule has 2 atom stereocenters. The molecule has 0 heterocycles. The number of rotatable bonds is 3. The van der Waals surface area contributed by atoms with E-state index in [-0.39, 0.29) is 0 Å². The largest absolute Gasteiger partial charge is 0.374 e. The summed E-state index contributed by atoms with van der Waals surface area (Å²) in [5.74, 6) is 0.632. The summed E-state index contributed by atoms with van der Waals surface area (Å²) in [6.07, 6.45) is 7.03. The van der Waals surface area contributed by atoms with E-state index in [1.54, 1.807) is 0 Å². The second-order valence-corrected chi connectivity index (χ2v) is 4.00. The van der Waals surface area contributed by atoms with Gasteiger partial charge in [-0.2, -0.15) is 0 Å². The highest BCUT2D eigenvalue weighted by atomic mass is 16.5. The first-order chi connectivity index (χ1) is 7.40. The van der Waals surface area contributed by atoms with Crippen molar-refractivity contribution in [2.75, 3.05) is 6.61 Å². The number of ether oxygens (including phenoxy) is 1. The van der Waals surface area contributed by atoms with E-state index < -0.39 is 0 Å². The Morgan fingerprint density at radius 1 is 1.27 bits per heavy atom. The summed E-state index contributed by atoms with van der Waals surface area (Å²) < 4.78 is 5.65. The van der Waals surface area contributed by atoms with Crippen molar-refractivity contribution in [1.82, 2.24) is 0 Å². The summed E-state index contributed by atoms with van der Waals surface area (Å²) in [6.45, 7) is 2.86. The van der Waals surface area contributed by atoms with Gasteiger partial charge in [-0.1, -0.05) is 42.5 Å². The molecular weight excluding hydrogens is 184 g/mol. The molecule has 1 heteroatoms. The number of allylic oxidation sites excluding steroid dienone is 1. The van der Waals surface area contributed by atoms with Crippen LogP contribution in [0.25, 0.3) is 0 Å². The Balaban J connectivity index is 2.04. The molecule has 0 radical (unpaired) electrons. The predicted octanol–water partition coefficient (Wildman–Crippen LogP) is 3.53. The molecule has 0 fully saturated rings. The van der Waals surface area contributed by atoms with Gasteiger partial charge in [0.05, 0.1) is 6.10 Å². The van der Waals surface area contributed by atoms with Crippen LogP contribution in [0.1, 0.15) is 31.2 Å². The maximum atomic E-state index is 5.65. The fourth-order valence-electron chi connectivity index (χ4n) is 2.18. The van der Waals surface area contributed by atoms with E-state index in [2.05, 4.69) is 49.4 Å². The molecule has 0 bridgehead atoms. The van der Waals surface area contributed by atoms with Crippen LogP contribution in [-0.2, 0) is 4.74 Å². The lowest BCUT2D eigenvalue weighted by atomic mass is 9.86. The van der Waals surface area contributed by atoms with Gasteiger partial charge in [0.15, 0.2) is 0 Å². The normalized spacial score (nSPS) is 25.4. The zero-order valence-electron chi connectivity index (χ0n) is 9.23. The zero-order chi connectivity index (χ0) is 10.5. The molecule has 0 spiro atoms. The molecule has 0 amide bonds.